The lowest BCUT2D eigenvalue weighted by Crippen LogP contribution is -2.53. The Kier molecular flexibility index (Phi) is 9.86. The van der Waals surface area contributed by atoms with Crippen LogP contribution in [0.2, 0.25) is 0 Å². The summed E-state index contributed by atoms with van der Waals surface area (Å²) in [6.07, 6.45) is 1.91. The Morgan fingerprint density at radius 2 is 1.90 bits per heavy atom. The summed E-state index contributed by atoms with van der Waals surface area (Å²) in [6.45, 7) is 5.56. The zero-order valence-corrected chi connectivity index (χ0v) is 22.8. The average Bonchev–Trinajstić information content (AvgIpc) is 3.38. The number of carbonyl (C=O) groups excluding carboxylic acids is 4. The third-order valence-corrected chi connectivity index (χ3v) is 6.35. The van der Waals surface area contributed by atoms with Gasteiger partial charge in [-0.1, -0.05) is 36.4 Å². The van der Waals surface area contributed by atoms with Crippen molar-refractivity contribution in [2.24, 2.45) is 16.5 Å². The van der Waals surface area contributed by atoms with Crippen LogP contribution in [0.4, 0.5) is 10.5 Å². The van der Waals surface area contributed by atoms with E-state index >= 15 is 0 Å². The second-order valence-electron chi connectivity index (χ2n) is 10.5. The zero-order chi connectivity index (χ0) is 28.6. The van der Waals surface area contributed by atoms with E-state index in [2.05, 4.69) is 10.3 Å². The summed E-state index contributed by atoms with van der Waals surface area (Å²) in [4.78, 5) is 58.7. The van der Waals surface area contributed by atoms with Gasteiger partial charge in [0.05, 0.1) is 11.7 Å². The van der Waals surface area contributed by atoms with E-state index in [1.165, 1.54) is 9.80 Å². The fourth-order valence-corrected chi connectivity index (χ4v) is 4.69. The largest absolute Gasteiger partial charge is 0.444 e. The summed E-state index contributed by atoms with van der Waals surface area (Å²) in [6, 6.07) is 11.6. The predicted octanol–water partition coefficient (Wildman–Crippen LogP) is 2.31. The van der Waals surface area contributed by atoms with Crippen LogP contribution in [0, 0.1) is 0 Å². The molecule has 11 heteroatoms. The monoisotopic (exact) mass is 538 g/mol. The lowest BCUT2D eigenvalue weighted by molar-refractivity contribution is -0.137. The number of nitrogens with two attached hydrogens (primary N) is 2. The highest BCUT2D eigenvalue weighted by molar-refractivity contribution is 6.08. The number of aliphatic imine (C=N–C) groups is 1. The van der Waals surface area contributed by atoms with Gasteiger partial charge in [0.25, 0.3) is 0 Å². The number of ether oxygens (including phenoxy) is 1. The number of amides is 3. The number of likely N-dealkylation sites (tertiary alicyclic amines) is 1. The summed E-state index contributed by atoms with van der Waals surface area (Å²) < 4.78 is 5.21. The highest BCUT2D eigenvalue weighted by atomic mass is 16.6. The summed E-state index contributed by atoms with van der Waals surface area (Å²) >= 11 is 0. The first-order valence-corrected chi connectivity index (χ1v) is 13.1. The molecular formula is C28H38N6O5. The van der Waals surface area contributed by atoms with Gasteiger partial charge in [-0.25, -0.2) is 4.79 Å². The lowest BCUT2D eigenvalue weighted by Gasteiger charge is -2.34. The number of hydrogen-bond donors (Lipinski definition) is 3. The number of nitrogens with zero attached hydrogens (tertiary/aromatic N) is 3. The smallest absolute Gasteiger partial charge is 0.408 e. The first-order chi connectivity index (χ1) is 18.5. The molecule has 1 saturated heterocycles. The Bertz CT molecular complexity index is 1220. The number of rotatable bonds is 10. The van der Waals surface area contributed by atoms with Gasteiger partial charge in [0.15, 0.2) is 5.96 Å². The fourth-order valence-electron chi connectivity index (χ4n) is 4.69. The molecule has 2 aromatic rings. The molecular weight excluding hydrogens is 500 g/mol. The Labute approximate surface area is 228 Å². The van der Waals surface area contributed by atoms with Crippen LogP contribution in [-0.4, -0.2) is 72.4 Å². The van der Waals surface area contributed by atoms with Gasteiger partial charge in [-0.15, -0.1) is 0 Å². The second kappa shape index (κ2) is 13.1. The lowest BCUT2D eigenvalue weighted by atomic mass is 10.0. The highest BCUT2D eigenvalue weighted by Gasteiger charge is 2.39. The van der Waals surface area contributed by atoms with Crippen LogP contribution in [0.15, 0.2) is 47.5 Å². The molecule has 0 radical (unpaired) electrons. The molecule has 0 unspecified atom stereocenters. The van der Waals surface area contributed by atoms with Crippen LogP contribution >= 0.6 is 0 Å². The van der Waals surface area contributed by atoms with Crippen molar-refractivity contribution in [1.82, 2.24) is 10.2 Å². The van der Waals surface area contributed by atoms with Crippen molar-refractivity contribution in [2.45, 2.75) is 64.1 Å². The van der Waals surface area contributed by atoms with Crippen molar-refractivity contribution in [3.8, 4) is 0 Å². The summed E-state index contributed by atoms with van der Waals surface area (Å²) in [5.74, 6) is -0.793. The molecule has 5 N–H and O–H groups in total. The van der Waals surface area contributed by atoms with Crippen molar-refractivity contribution in [1.29, 1.82) is 0 Å². The number of hydrogen-bond acceptors (Lipinski definition) is 6. The maximum absolute atomic E-state index is 14.2. The minimum absolute atomic E-state index is 0.0419. The quantitative estimate of drug-likeness (QED) is 0.181. The van der Waals surface area contributed by atoms with E-state index in [1.807, 2.05) is 36.4 Å². The molecule has 210 valence electrons. The molecule has 1 fully saturated rings. The van der Waals surface area contributed by atoms with Gasteiger partial charge < -0.3 is 31.2 Å². The Hall–Kier alpha value is -4.15. The summed E-state index contributed by atoms with van der Waals surface area (Å²) in [7, 11) is 0. The molecule has 0 spiro atoms. The Balaban J connectivity index is 1.88. The molecule has 39 heavy (non-hydrogen) atoms. The van der Waals surface area contributed by atoms with E-state index in [-0.39, 0.29) is 18.4 Å². The van der Waals surface area contributed by atoms with Gasteiger partial charge in [0, 0.05) is 18.5 Å². The van der Waals surface area contributed by atoms with Gasteiger partial charge in [-0.3, -0.25) is 19.5 Å². The SMILES string of the molecule is CC(C)(C)OC(=O)NCC(=O)N1CCC[C@H]1C(=O)N(c1cccc2ccccc12)[C@H](C=O)CCCN=C(N)N. The molecule has 1 aliphatic heterocycles. The maximum atomic E-state index is 14.2. The number of guanidine groups is 1. The number of aldehydes is 1. The number of anilines is 1. The van der Waals surface area contributed by atoms with E-state index < -0.39 is 29.7 Å². The normalized spacial score (nSPS) is 15.9. The predicted molar refractivity (Wildman–Crippen MR) is 150 cm³/mol. The van der Waals surface area contributed by atoms with Crippen molar-refractivity contribution in [2.75, 3.05) is 24.5 Å². The summed E-state index contributed by atoms with van der Waals surface area (Å²) in [5.41, 5.74) is 10.7. The molecule has 3 rings (SSSR count). The molecule has 1 heterocycles. The Morgan fingerprint density at radius 3 is 2.59 bits per heavy atom. The van der Waals surface area contributed by atoms with Crippen LogP contribution in [-0.2, 0) is 19.1 Å². The number of alkyl carbamates (subject to hydrolysis) is 1. The fraction of sp³-hybridized carbons (Fsp3) is 0.464. The number of benzene rings is 2. The molecule has 2 aromatic carbocycles. The van der Waals surface area contributed by atoms with Gasteiger partial charge in [-0.05, 0) is 57.9 Å². The standard InChI is InChI=1S/C28H38N6O5/c1-28(2,3)39-27(38)32-17-24(36)33-16-8-14-23(33)25(37)34(20(18-35)11-7-15-31-26(29)30)22-13-6-10-19-9-4-5-12-21(19)22/h4-6,9-10,12-13,18,20,23H,7-8,11,14-17H2,1-3H3,(H,32,38)(H4,29,30,31)/t20-,23-/m0/s1. The third kappa shape index (κ3) is 7.92. The zero-order valence-electron chi connectivity index (χ0n) is 22.8. The molecule has 0 aromatic heterocycles. The van der Waals surface area contributed by atoms with E-state index in [0.717, 1.165) is 17.1 Å². The number of fused-ring (bicyclic) bond motifs is 1. The second-order valence-corrected chi connectivity index (χ2v) is 10.5. The molecule has 0 bridgehead atoms. The first kappa shape index (κ1) is 29.4. The first-order valence-electron chi connectivity index (χ1n) is 13.1. The van der Waals surface area contributed by atoms with Crippen molar-refractivity contribution >= 4 is 46.6 Å². The van der Waals surface area contributed by atoms with Gasteiger partial charge in [0.1, 0.15) is 24.5 Å². The maximum Gasteiger partial charge on any atom is 0.408 e. The summed E-state index contributed by atoms with van der Waals surface area (Å²) in [5, 5.41) is 4.20. The van der Waals surface area contributed by atoms with Crippen molar-refractivity contribution in [3.05, 3.63) is 42.5 Å². The molecule has 1 aliphatic rings. The third-order valence-electron chi connectivity index (χ3n) is 6.35. The molecule has 3 amide bonds. The topological polar surface area (TPSA) is 160 Å². The van der Waals surface area contributed by atoms with Crippen LogP contribution in [0.1, 0.15) is 46.5 Å². The van der Waals surface area contributed by atoms with E-state index in [4.69, 9.17) is 16.2 Å². The minimum atomic E-state index is -0.796. The van der Waals surface area contributed by atoms with E-state index in [0.29, 0.717) is 44.5 Å². The average molecular weight is 539 g/mol. The van der Waals surface area contributed by atoms with Crippen LogP contribution < -0.4 is 21.7 Å². The van der Waals surface area contributed by atoms with Crippen molar-refractivity contribution in [3.63, 3.8) is 0 Å². The van der Waals surface area contributed by atoms with Gasteiger partial charge in [0.2, 0.25) is 11.8 Å². The molecule has 11 nitrogen and oxygen atoms in total. The van der Waals surface area contributed by atoms with Crippen LogP contribution in [0.5, 0.6) is 0 Å². The van der Waals surface area contributed by atoms with Gasteiger partial charge in [-0.2, -0.15) is 0 Å². The molecule has 0 saturated carbocycles. The van der Waals surface area contributed by atoms with Crippen molar-refractivity contribution < 1.29 is 23.9 Å². The minimum Gasteiger partial charge on any atom is -0.444 e. The molecule has 0 aliphatic carbocycles. The Morgan fingerprint density at radius 1 is 1.18 bits per heavy atom. The van der Waals surface area contributed by atoms with Gasteiger partial charge >= 0.3 is 6.09 Å². The highest BCUT2D eigenvalue weighted by Crippen LogP contribution is 2.31. The van der Waals surface area contributed by atoms with E-state index in [9.17, 15) is 19.2 Å². The molecule has 2 atom stereocenters. The number of nitrogens with one attached hydrogen (secondary N) is 1. The number of carbonyl (C=O) groups is 4. The van der Waals surface area contributed by atoms with E-state index in [1.54, 1.807) is 26.8 Å². The van der Waals surface area contributed by atoms with Crippen LogP contribution in [0.25, 0.3) is 10.8 Å². The van der Waals surface area contributed by atoms with Crippen LogP contribution in [0.3, 0.4) is 0 Å².